The van der Waals surface area contributed by atoms with Crippen LogP contribution in [0.2, 0.25) is 0 Å². The van der Waals surface area contributed by atoms with Crippen LogP contribution in [-0.2, 0) is 0 Å². The Kier molecular flexibility index (Phi) is 3.42. The number of rotatable bonds is 3. The third-order valence-electron chi connectivity index (χ3n) is 5.17. The Labute approximate surface area is 106 Å². The zero-order valence-corrected chi connectivity index (χ0v) is 11.4. The number of hydrogen-bond donors (Lipinski definition) is 0. The predicted octanol–water partition coefficient (Wildman–Crippen LogP) is 1.11. The summed E-state index contributed by atoms with van der Waals surface area (Å²) in [6.45, 7) is 10.2. The molecule has 0 amide bonds. The van der Waals surface area contributed by atoms with Crippen molar-refractivity contribution in [2.75, 3.05) is 46.3 Å². The smallest absolute Gasteiger partial charge is 0.0242 e. The molecule has 3 nitrogen and oxygen atoms in total. The highest BCUT2D eigenvalue weighted by Gasteiger charge is 2.44. The summed E-state index contributed by atoms with van der Waals surface area (Å²) in [4.78, 5) is 7.93. The summed E-state index contributed by atoms with van der Waals surface area (Å²) in [6.07, 6.45) is 4.32. The highest BCUT2D eigenvalue weighted by atomic mass is 15.4. The Morgan fingerprint density at radius 2 is 1.71 bits per heavy atom. The lowest BCUT2D eigenvalue weighted by atomic mass is 9.84. The van der Waals surface area contributed by atoms with Gasteiger partial charge in [0.05, 0.1) is 0 Å². The summed E-state index contributed by atoms with van der Waals surface area (Å²) < 4.78 is 0. The van der Waals surface area contributed by atoms with Gasteiger partial charge in [-0.15, -0.1) is 0 Å². The molecule has 4 heterocycles. The lowest BCUT2D eigenvalue weighted by molar-refractivity contribution is -0.0786. The predicted molar refractivity (Wildman–Crippen MR) is 71.2 cm³/mol. The van der Waals surface area contributed by atoms with E-state index in [4.69, 9.17) is 0 Å². The van der Waals surface area contributed by atoms with Crippen LogP contribution in [0.1, 0.15) is 26.2 Å². The van der Waals surface area contributed by atoms with Crippen LogP contribution in [-0.4, -0.2) is 73.1 Å². The molecule has 0 aromatic carbocycles. The number of nitrogens with zero attached hydrogens (tertiary/aromatic N) is 3. The lowest BCUT2D eigenvalue weighted by Gasteiger charge is -2.57. The Morgan fingerprint density at radius 3 is 2.29 bits per heavy atom. The van der Waals surface area contributed by atoms with Crippen LogP contribution in [0.5, 0.6) is 0 Å². The van der Waals surface area contributed by atoms with E-state index < -0.39 is 0 Å². The lowest BCUT2D eigenvalue weighted by Crippen LogP contribution is -2.69. The maximum Gasteiger partial charge on any atom is 0.0242 e. The van der Waals surface area contributed by atoms with E-state index in [1.54, 1.807) is 0 Å². The Bertz CT molecular complexity index is 248. The molecule has 4 fully saturated rings. The van der Waals surface area contributed by atoms with Gasteiger partial charge < -0.3 is 9.80 Å². The second-order valence-corrected chi connectivity index (χ2v) is 6.34. The molecule has 0 radical (unpaired) electrons. The van der Waals surface area contributed by atoms with Gasteiger partial charge in [-0.1, -0.05) is 6.92 Å². The van der Waals surface area contributed by atoms with Crippen LogP contribution < -0.4 is 0 Å². The van der Waals surface area contributed by atoms with E-state index in [2.05, 4.69) is 28.7 Å². The van der Waals surface area contributed by atoms with Gasteiger partial charge in [-0.2, -0.15) is 0 Å². The Morgan fingerprint density at radius 1 is 1.06 bits per heavy atom. The van der Waals surface area contributed by atoms with E-state index in [1.807, 2.05) is 0 Å². The number of likely N-dealkylation sites (N-methyl/N-ethyl adjacent to an activating group) is 1. The zero-order valence-electron chi connectivity index (χ0n) is 11.4. The van der Waals surface area contributed by atoms with E-state index in [0.717, 1.165) is 18.0 Å². The monoisotopic (exact) mass is 237 g/mol. The topological polar surface area (TPSA) is 9.72 Å². The van der Waals surface area contributed by atoms with Gasteiger partial charge in [-0.3, -0.25) is 4.90 Å². The molecule has 0 aromatic heterocycles. The van der Waals surface area contributed by atoms with Gasteiger partial charge in [0.15, 0.2) is 0 Å². The molecule has 0 aliphatic carbocycles. The van der Waals surface area contributed by atoms with Gasteiger partial charge in [0.2, 0.25) is 0 Å². The van der Waals surface area contributed by atoms with Crippen molar-refractivity contribution in [2.24, 2.45) is 5.92 Å². The summed E-state index contributed by atoms with van der Waals surface area (Å²) in [7, 11) is 2.26. The van der Waals surface area contributed by atoms with Crippen LogP contribution in [0.4, 0.5) is 0 Å². The minimum atomic E-state index is 0.897. The van der Waals surface area contributed by atoms with E-state index in [-0.39, 0.29) is 0 Å². The summed E-state index contributed by atoms with van der Waals surface area (Å²) in [5, 5.41) is 0. The summed E-state index contributed by atoms with van der Waals surface area (Å²) >= 11 is 0. The van der Waals surface area contributed by atoms with E-state index in [0.29, 0.717) is 0 Å². The van der Waals surface area contributed by atoms with Gasteiger partial charge >= 0.3 is 0 Å². The first kappa shape index (κ1) is 11.9. The fourth-order valence-corrected chi connectivity index (χ4v) is 3.87. The molecule has 0 spiro atoms. The molecular formula is C14H27N3. The molecule has 4 aliphatic rings. The number of piperidine rings is 2. The first-order valence-corrected chi connectivity index (χ1v) is 7.43. The fraction of sp³-hybridized carbons (Fsp3) is 1.00. The number of fused-ring (bicyclic) bond motifs is 2. The third kappa shape index (κ3) is 2.38. The van der Waals surface area contributed by atoms with Crippen molar-refractivity contribution < 1.29 is 0 Å². The van der Waals surface area contributed by atoms with Crippen molar-refractivity contribution in [3.63, 3.8) is 0 Å². The molecule has 17 heavy (non-hydrogen) atoms. The average Bonchev–Trinajstić information content (AvgIpc) is 2.38. The molecule has 4 aliphatic heterocycles. The SMILES string of the molecule is CCN1CC2CC(C1)N2CC1CCN(C)CC1. The van der Waals surface area contributed by atoms with Gasteiger partial charge in [0.1, 0.15) is 0 Å². The van der Waals surface area contributed by atoms with Gasteiger partial charge in [0.25, 0.3) is 0 Å². The number of hydrogen-bond acceptors (Lipinski definition) is 3. The van der Waals surface area contributed by atoms with Gasteiger partial charge in [0, 0.05) is 31.7 Å². The second kappa shape index (κ2) is 4.87. The van der Waals surface area contributed by atoms with Crippen molar-refractivity contribution in [2.45, 2.75) is 38.3 Å². The van der Waals surface area contributed by atoms with E-state index in [1.165, 1.54) is 58.5 Å². The first-order valence-electron chi connectivity index (χ1n) is 7.43. The van der Waals surface area contributed by atoms with Crippen LogP contribution in [0.15, 0.2) is 0 Å². The van der Waals surface area contributed by atoms with Crippen LogP contribution in [0.25, 0.3) is 0 Å². The molecule has 4 saturated heterocycles. The highest BCUT2D eigenvalue weighted by molar-refractivity contribution is 5.01. The maximum absolute atomic E-state index is 2.82. The van der Waals surface area contributed by atoms with Crippen molar-refractivity contribution in [3.8, 4) is 0 Å². The van der Waals surface area contributed by atoms with E-state index >= 15 is 0 Å². The summed E-state index contributed by atoms with van der Waals surface area (Å²) in [6, 6.07) is 1.79. The van der Waals surface area contributed by atoms with Crippen molar-refractivity contribution in [3.05, 3.63) is 0 Å². The maximum atomic E-state index is 2.82. The van der Waals surface area contributed by atoms with Gasteiger partial charge in [-0.05, 0) is 51.9 Å². The molecule has 4 rings (SSSR count). The fourth-order valence-electron chi connectivity index (χ4n) is 3.87. The molecular weight excluding hydrogens is 210 g/mol. The summed E-state index contributed by atoms with van der Waals surface area (Å²) in [5.74, 6) is 0.977. The Hall–Kier alpha value is -0.120. The van der Waals surface area contributed by atoms with Crippen LogP contribution in [0.3, 0.4) is 0 Å². The molecule has 2 bridgehead atoms. The Balaban J connectivity index is 1.48. The molecule has 0 saturated carbocycles. The first-order chi connectivity index (χ1) is 8.26. The van der Waals surface area contributed by atoms with Crippen molar-refractivity contribution in [1.82, 2.24) is 14.7 Å². The highest BCUT2D eigenvalue weighted by Crippen LogP contribution is 2.34. The standard InChI is InChI=1S/C14H27N3/c1-3-16-10-13-8-14(11-16)17(13)9-12-4-6-15(2)7-5-12/h12-14H,3-11H2,1-2H3. The number of likely N-dealkylation sites (tertiary alicyclic amines) is 1. The zero-order chi connectivity index (χ0) is 11.8. The van der Waals surface area contributed by atoms with Crippen LogP contribution >= 0.6 is 0 Å². The minimum Gasteiger partial charge on any atom is -0.306 e. The summed E-state index contributed by atoms with van der Waals surface area (Å²) in [5.41, 5.74) is 0. The molecule has 98 valence electrons. The second-order valence-electron chi connectivity index (χ2n) is 6.34. The third-order valence-corrected chi connectivity index (χ3v) is 5.17. The number of piperazine rings is 1. The normalized spacial score (nSPS) is 37.1. The van der Waals surface area contributed by atoms with Crippen molar-refractivity contribution in [1.29, 1.82) is 0 Å². The molecule has 0 N–H and O–H groups in total. The van der Waals surface area contributed by atoms with E-state index in [9.17, 15) is 0 Å². The average molecular weight is 237 g/mol. The molecule has 2 unspecified atom stereocenters. The molecule has 3 heteroatoms. The largest absolute Gasteiger partial charge is 0.306 e. The molecule has 0 aromatic rings. The van der Waals surface area contributed by atoms with Gasteiger partial charge in [-0.25, -0.2) is 0 Å². The minimum absolute atomic E-state index is 0.897. The quantitative estimate of drug-likeness (QED) is 0.728. The molecule has 2 atom stereocenters. The van der Waals surface area contributed by atoms with Crippen LogP contribution in [0, 0.1) is 5.92 Å². The van der Waals surface area contributed by atoms with Crippen molar-refractivity contribution >= 4 is 0 Å².